The van der Waals surface area contributed by atoms with Crippen LogP contribution in [0.25, 0.3) is 0 Å². The molecule has 5 heteroatoms. The molecule has 88 valence electrons. The van der Waals surface area contributed by atoms with Gasteiger partial charge < -0.3 is 14.6 Å². The Labute approximate surface area is 107 Å². The fourth-order valence-electron chi connectivity index (χ4n) is 1.41. The number of hydrogen-bond donors (Lipinski definition) is 1. The molecule has 0 unspecified atom stereocenters. The van der Waals surface area contributed by atoms with E-state index in [1.54, 1.807) is 11.8 Å². The lowest BCUT2D eigenvalue weighted by atomic mass is 10.3. The molecule has 1 aliphatic rings. The highest BCUT2D eigenvalue weighted by atomic mass is 79.9. The maximum atomic E-state index is 9.83. The Morgan fingerprint density at radius 2 is 1.88 bits per heavy atom. The Hall–Kier alpha value is -0.0700. The molecule has 1 saturated heterocycles. The summed E-state index contributed by atoms with van der Waals surface area (Å²) in [6, 6.07) is 8.02. The molecule has 1 aromatic carbocycles. The highest BCUT2D eigenvalue weighted by molar-refractivity contribution is 9.10. The van der Waals surface area contributed by atoms with Gasteiger partial charge in [0.1, 0.15) is 6.79 Å². The van der Waals surface area contributed by atoms with E-state index >= 15 is 0 Å². The van der Waals surface area contributed by atoms with Gasteiger partial charge in [-0.05, 0) is 24.3 Å². The van der Waals surface area contributed by atoms with Crippen LogP contribution in [-0.2, 0) is 9.47 Å². The van der Waals surface area contributed by atoms with Crippen molar-refractivity contribution in [1.82, 2.24) is 0 Å². The van der Waals surface area contributed by atoms with Crippen LogP contribution in [-0.4, -0.2) is 36.5 Å². The van der Waals surface area contributed by atoms with E-state index in [1.807, 2.05) is 24.3 Å². The number of rotatable bonds is 2. The molecule has 0 spiro atoms. The SMILES string of the molecule is O[C@@H]1COCOC[C@H]1Sc1ccc(Br)cc1. The number of thioether (sulfide) groups is 1. The van der Waals surface area contributed by atoms with Gasteiger partial charge in [-0.2, -0.15) is 0 Å². The van der Waals surface area contributed by atoms with Gasteiger partial charge in [0.15, 0.2) is 0 Å². The third kappa shape index (κ3) is 3.46. The average Bonchev–Trinajstić information content (AvgIpc) is 2.48. The maximum absolute atomic E-state index is 9.83. The van der Waals surface area contributed by atoms with Crippen LogP contribution in [0, 0.1) is 0 Å². The Bertz CT molecular complexity index is 331. The molecule has 1 heterocycles. The second kappa shape index (κ2) is 6.02. The summed E-state index contributed by atoms with van der Waals surface area (Å²) in [6.07, 6.45) is -0.476. The standard InChI is InChI=1S/C11H13BrO3S/c12-8-1-3-9(4-2-8)16-11-6-15-7-14-5-10(11)13/h1-4,10-11,13H,5-7H2/t10-,11-/m1/s1. The van der Waals surface area contributed by atoms with Gasteiger partial charge in [0.2, 0.25) is 0 Å². The van der Waals surface area contributed by atoms with E-state index in [0.29, 0.717) is 13.2 Å². The first kappa shape index (κ1) is 12.4. The summed E-state index contributed by atoms with van der Waals surface area (Å²) in [7, 11) is 0. The lowest BCUT2D eigenvalue weighted by Crippen LogP contribution is -2.28. The van der Waals surface area contributed by atoms with Crippen LogP contribution in [0.3, 0.4) is 0 Å². The van der Waals surface area contributed by atoms with Gasteiger partial charge >= 0.3 is 0 Å². The molecule has 2 atom stereocenters. The molecule has 0 saturated carbocycles. The molecule has 16 heavy (non-hydrogen) atoms. The predicted octanol–water partition coefficient (Wildman–Crippen LogP) is 2.28. The molecule has 1 fully saturated rings. The van der Waals surface area contributed by atoms with Crippen LogP contribution in [0.5, 0.6) is 0 Å². The van der Waals surface area contributed by atoms with E-state index < -0.39 is 6.10 Å². The van der Waals surface area contributed by atoms with Gasteiger partial charge in [-0.1, -0.05) is 15.9 Å². The molecule has 1 aliphatic heterocycles. The van der Waals surface area contributed by atoms with Crippen LogP contribution >= 0.6 is 27.7 Å². The molecule has 0 amide bonds. The van der Waals surface area contributed by atoms with E-state index in [-0.39, 0.29) is 12.0 Å². The molecular formula is C11H13BrO3S. The predicted molar refractivity (Wildman–Crippen MR) is 66.6 cm³/mol. The Morgan fingerprint density at radius 3 is 2.62 bits per heavy atom. The third-order valence-electron chi connectivity index (χ3n) is 2.27. The largest absolute Gasteiger partial charge is 0.389 e. The summed E-state index contributed by atoms with van der Waals surface area (Å²) in [5, 5.41) is 9.86. The molecular weight excluding hydrogens is 292 g/mol. The number of benzene rings is 1. The van der Waals surface area contributed by atoms with Crippen LogP contribution < -0.4 is 0 Å². The first-order chi connectivity index (χ1) is 7.75. The second-order valence-electron chi connectivity index (χ2n) is 3.54. The zero-order chi connectivity index (χ0) is 11.4. The molecule has 0 bridgehead atoms. The number of aliphatic hydroxyl groups excluding tert-OH is 1. The van der Waals surface area contributed by atoms with Crippen LogP contribution in [0.2, 0.25) is 0 Å². The van der Waals surface area contributed by atoms with Gasteiger partial charge in [-0.3, -0.25) is 0 Å². The van der Waals surface area contributed by atoms with Crippen molar-refractivity contribution in [3.8, 4) is 0 Å². The minimum Gasteiger partial charge on any atom is -0.389 e. The van der Waals surface area contributed by atoms with Crippen molar-refractivity contribution < 1.29 is 14.6 Å². The molecule has 0 radical (unpaired) electrons. The smallest absolute Gasteiger partial charge is 0.146 e. The zero-order valence-corrected chi connectivity index (χ0v) is 11.0. The Balaban J connectivity index is 1.99. The monoisotopic (exact) mass is 304 g/mol. The van der Waals surface area contributed by atoms with Gasteiger partial charge in [-0.15, -0.1) is 11.8 Å². The summed E-state index contributed by atoms with van der Waals surface area (Å²) in [5.74, 6) is 0. The van der Waals surface area contributed by atoms with Crippen molar-refractivity contribution >= 4 is 27.7 Å². The summed E-state index contributed by atoms with van der Waals surface area (Å²) in [5.41, 5.74) is 0. The lowest BCUT2D eigenvalue weighted by Gasteiger charge is -2.17. The van der Waals surface area contributed by atoms with Crippen molar-refractivity contribution in [1.29, 1.82) is 0 Å². The van der Waals surface area contributed by atoms with Crippen LogP contribution in [0.15, 0.2) is 33.6 Å². The normalized spacial score (nSPS) is 26.4. The van der Waals surface area contributed by atoms with Gasteiger partial charge in [0.25, 0.3) is 0 Å². The van der Waals surface area contributed by atoms with Gasteiger partial charge in [0, 0.05) is 9.37 Å². The highest BCUT2D eigenvalue weighted by Crippen LogP contribution is 2.28. The molecule has 1 aromatic rings. The third-order valence-corrected chi connectivity index (χ3v) is 4.09. The van der Waals surface area contributed by atoms with E-state index in [2.05, 4.69) is 15.9 Å². The minimum atomic E-state index is -0.476. The highest BCUT2D eigenvalue weighted by Gasteiger charge is 2.23. The number of aliphatic hydroxyl groups is 1. The molecule has 0 aliphatic carbocycles. The molecule has 2 rings (SSSR count). The maximum Gasteiger partial charge on any atom is 0.146 e. The van der Waals surface area contributed by atoms with Gasteiger partial charge in [0.05, 0.1) is 24.6 Å². The fourth-order valence-corrected chi connectivity index (χ4v) is 2.72. The topological polar surface area (TPSA) is 38.7 Å². The van der Waals surface area contributed by atoms with Crippen LogP contribution in [0.4, 0.5) is 0 Å². The molecule has 0 aromatic heterocycles. The first-order valence-electron chi connectivity index (χ1n) is 5.01. The number of ether oxygens (including phenoxy) is 2. The van der Waals surface area contributed by atoms with Crippen molar-refractivity contribution in [2.24, 2.45) is 0 Å². The number of halogens is 1. The second-order valence-corrected chi connectivity index (χ2v) is 5.77. The van der Waals surface area contributed by atoms with Crippen molar-refractivity contribution in [3.05, 3.63) is 28.7 Å². The van der Waals surface area contributed by atoms with Crippen molar-refractivity contribution in [2.45, 2.75) is 16.2 Å². The summed E-state index contributed by atoms with van der Waals surface area (Å²) >= 11 is 5.01. The Kier molecular flexibility index (Phi) is 4.66. The minimum absolute atomic E-state index is 0.0312. The first-order valence-corrected chi connectivity index (χ1v) is 6.69. The quantitative estimate of drug-likeness (QED) is 0.910. The van der Waals surface area contributed by atoms with Crippen molar-refractivity contribution in [2.75, 3.05) is 20.0 Å². The summed E-state index contributed by atoms with van der Waals surface area (Å²) in [4.78, 5) is 1.12. The van der Waals surface area contributed by atoms with E-state index in [4.69, 9.17) is 9.47 Å². The average molecular weight is 305 g/mol. The number of hydrogen-bond acceptors (Lipinski definition) is 4. The fraction of sp³-hybridized carbons (Fsp3) is 0.455. The summed E-state index contributed by atoms with van der Waals surface area (Å²) < 4.78 is 11.4. The molecule has 1 N–H and O–H groups in total. The zero-order valence-electron chi connectivity index (χ0n) is 8.64. The lowest BCUT2D eigenvalue weighted by molar-refractivity contribution is -0.0420. The van der Waals surface area contributed by atoms with Crippen molar-refractivity contribution in [3.63, 3.8) is 0 Å². The van der Waals surface area contributed by atoms with E-state index in [9.17, 15) is 5.11 Å². The van der Waals surface area contributed by atoms with E-state index in [0.717, 1.165) is 9.37 Å². The van der Waals surface area contributed by atoms with Crippen LogP contribution in [0.1, 0.15) is 0 Å². The van der Waals surface area contributed by atoms with E-state index in [1.165, 1.54) is 0 Å². The Morgan fingerprint density at radius 1 is 1.19 bits per heavy atom. The molecule has 3 nitrogen and oxygen atoms in total. The van der Waals surface area contributed by atoms with Gasteiger partial charge in [-0.25, -0.2) is 0 Å². The summed E-state index contributed by atoms with van der Waals surface area (Å²) in [6.45, 7) is 1.13.